The highest BCUT2D eigenvalue weighted by Crippen LogP contribution is 2.17. The van der Waals surface area contributed by atoms with Crippen molar-refractivity contribution in [3.8, 4) is 0 Å². The van der Waals surface area contributed by atoms with Crippen LogP contribution < -0.4 is 5.32 Å². The Morgan fingerprint density at radius 1 is 1.21 bits per heavy atom. The van der Waals surface area contributed by atoms with E-state index in [1.165, 1.54) is 12.1 Å². The lowest BCUT2D eigenvalue weighted by Crippen LogP contribution is -2.19. The highest BCUT2D eigenvalue weighted by molar-refractivity contribution is 5.23. The summed E-state index contributed by atoms with van der Waals surface area (Å²) in [6.07, 6.45) is 3.53. The van der Waals surface area contributed by atoms with Crippen LogP contribution in [-0.4, -0.2) is 4.98 Å². The first kappa shape index (κ1) is 13.6. The van der Waals surface area contributed by atoms with Gasteiger partial charge in [-0.2, -0.15) is 0 Å². The molecule has 0 bridgehead atoms. The SMILES string of the molecule is Cc1ccncc1CNC(C)c1cc(F)cc(F)c1. The van der Waals surface area contributed by atoms with E-state index < -0.39 is 11.6 Å². The zero-order valence-electron chi connectivity index (χ0n) is 11.0. The fraction of sp³-hybridized carbons (Fsp3) is 0.267. The fourth-order valence-corrected chi connectivity index (χ4v) is 1.89. The largest absolute Gasteiger partial charge is 0.306 e. The van der Waals surface area contributed by atoms with Gasteiger partial charge in [0.25, 0.3) is 0 Å². The van der Waals surface area contributed by atoms with Gasteiger partial charge in [-0.3, -0.25) is 4.98 Å². The van der Waals surface area contributed by atoms with Crippen molar-refractivity contribution in [1.29, 1.82) is 0 Å². The monoisotopic (exact) mass is 262 g/mol. The number of halogens is 2. The maximum Gasteiger partial charge on any atom is 0.126 e. The van der Waals surface area contributed by atoms with E-state index in [9.17, 15) is 8.78 Å². The third-order valence-corrected chi connectivity index (χ3v) is 3.13. The summed E-state index contributed by atoms with van der Waals surface area (Å²) in [4.78, 5) is 4.06. The van der Waals surface area contributed by atoms with Crippen molar-refractivity contribution in [2.24, 2.45) is 0 Å². The van der Waals surface area contributed by atoms with Crippen molar-refractivity contribution in [2.75, 3.05) is 0 Å². The number of aryl methyl sites for hydroxylation is 1. The molecule has 0 aliphatic heterocycles. The van der Waals surface area contributed by atoms with Crippen molar-refractivity contribution < 1.29 is 8.78 Å². The van der Waals surface area contributed by atoms with Gasteiger partial charge in [0.05, 0.1) is 0 Å². The number of pyridine rings is 1. The Labute approximate surface area is 111 Å². The van der Waals surface area contributed by atoms with Gasteiger partial charge >= 0.3 is 0 Å². The highest BCUT2D eigenvalue weighted by atomic mass is 19.1. The zero-order valence-corrected chi connectivity index (χ0v) is 11.0. The molecular formula is C15H16F2N2. The third kappa shape index (κ3) is 3.58. The van der Waals surface area contributed by atoms with Gasteiger partial charge < -0.3 is 5.32 Å². The van der Waals surface area contributed by atoms with Crippen molar-refractivity contribution in [2.45, 2.75) is 26.4 Å². The molecule has 2 aromatic rings. The van der Waals surface area contributed by atoms with Crippen molar-refractivity contribution in [3.05, 3.63) is 65.0 Å². The number of hydrogen-bond acceptors (Lipinski definition) is 2. The molecule has 0 saturated heterocycles. The number of nitrogens with zero attached hydrogens (tertiary/aromatic N) is 1. The molecule has 4 heteroatoms. The van der Waals surface area contributed by atoms with Crippen molar-refractivity contribution >= 4 is 0 Å². The average Bonchev–Trinajstić information content (AvgIpc) is 2.36. The second-order valence-corrected chi connectivity index (χ2v) is 4.61. The van der Waals surface area contributed by atoms with Crippen LogP contribution in [0.4, 0.5) is 8.78 Å². The molecule has 1 atom stereocenters. The molecule has 1 unspecified atom stereocenters. The summed E-state index contributed by atoms with van der Waals surface area (Å²) in [7, 11) is 0. The van der Waals surface area contributed by atoms with E-state index in [2.05, 4.69) is 10.3 Å². The molecule has 1 aromatic heterocycles. The van der Waals surface area contributed by atoms with Crippen LogP contribution in [0.5, 0.6) is 0 Å². The predicted octanol–water partition coefficient (Wildman–Crippen LogP) is 3.52. The summed E-state index contributed by atoms with van der Waals surface area (Å²) in [6.45, 7) is 4.49. The van der Waals surface area contributed by atoms with Crippen LogP contribution in [0.25, 0.3) is 0 Å². The molecule has 19 heavy (non-hydrogen) atoms. The minimum atomic E-state index is -0.554. The van der Waals surface area contributed by atoms with Crippen LogP contribution in [0.1, 0.15) is 29.7 Å². The number of benzene rings is 1. The van der Waals surface area contributed by atoms with Gasteiger partial charge in [-0.05, 0) is 48.7 Å². The Hall–Kier alpha value is -1.81. The minimum absolute atomic E-state index is 0.134. The molecule has 2 rings (SSSR count). The lowest BCUT2D eigenvalue weighted by molar-refractivity contribution is 0.544. The van der Waals surface area contributed by atoms with E-state index in [1.54, 1.807) is 12.4 Å². The Morgan fingerprint density at radius 2 is 1.89 bits per heavy atom. The summed E-state index contributed by atoms with van der Waals surface area (Å²) in [5.41, 5.74) is 2.81. The summed E-state index contributed by atoms with van der Waals surface area (Å²) in [5.74, 6) is -1.11. The van der Waals surface area contributed by atoms with Gasteiger partial charge in [0.2, 0.25) is 0 Å². The van der Waals surface area contributed by atoms with Crippen LogP contribution in [0, 0.1) is 18.6 Å². The summed E-state index contributed by atoms with van der Waals surface area (Å²) >= 11 is 0. The van der Waals surface area contributed by atoms with Gasteiger partial charge in [0.15, 0.2) is 0 Å². The van der Waals surface area contributed by atoms with Crippen LogP contribution in [0.2, 0.25) is 0 Å². The van der Waals surface area contributed by atoms with Gasteiger partial charge in [-0.1, -0.05) is 0 Å². The molecule has 0 amide bonds. The minimum Gasteiger partial charge on any atom is -0.306 e. The van der Waals surface area contributed by atoms with Crippen LogP contribution in [0.3, 0.4) is 0 Å². The smallest absolute Gasteiger partial charge is 0.126 e. The van der Waals surface area contributed by atoms with Crippen molar-refractivity contribution in [1.82, 2.24) is 10.3 Å². The second kappa shape index (κ2) is 5.89. The molecule has 0 radical (unpaired) electrons. The Bertz CT molecular complexity index is 550. The first-order valence-corrected chi connectivity index (χ1v) is 6.15. The fourth-order valence-electron chi connectivity index (χ4n) is 1.89. The predicted molar refractivity (Wildman–Crippen MR) is 70.6 cm³/mol. The number of hydrogen-bond donors (Lipinski definition) is 1. The maximum absolute atomic E-state index is 13.1. The number of nitrogens with one attached hydrogen (secondary N) is 1. The quantitative estimate of drug-likeness (QED) is 0.912. The molecule has 0 aliphatic carbocycles. The van der Waals surface area contributed by atoms with Crippen LogP contribution >= 0.6 is 0 Å². The lowest BCUT2D eigenvalue weighted by Gasteiger charge is -2.15. The molecule has 0 aliphatic rings. The van der Waals surface area contributed by atoms with Crippen molar-refractivity contribution in [3.63, 3.8) is 0 Å². The Morgan fingerprint density at radius 3 is 2.53 bits per heavy atom. The number of rotatable bonds is 4. The topological polar surface area (TPSA) is 24.9 Å². The maximum atomic E-state index is 13.1. The number of aromatic nitrogens is 1. The second-order valence-electron chi connectivity index (χ2n) is 4.61. The molecule has 2 nitrogen and oxygen atoms in total. The summed E-state index contributed by atoms with van der Waals surface area (Å²) < 4.78 is 26.3. The standard InChI is InChI=1S/C15H16F2N2/c1-10-3-4-18-8-13(10)9-19-11(2)12-5-14(16)7-15(17)6-12/h3-8,11,19H,9H2,1-2H3. The molecule has 0 fully saturated rings. The Balaban J connectivity index is 2.05. The Kier molecular flexibility index (Phi) is 4.22. The van der Waals surface area contributed by atoms with E-state index in [0.717, 1.165) is 17.2 Å². The third-order valence-electron chi connectivity index (χ3n) is 3.13. The first-order valence-electron chi connectivity index (χ1n) is 6.15. The molecular weight excluding hydrogens is 246 g/mol. The van der Waals surface area contributed by atoms with Gasteiger partial charge in [-0.15, -0.1) is 0 Å². The average molecular weight is 262 g/mol. The van der Waals surface area contributed by atoms with Crippen LogP contribution in [0.15, 0.2) is 36.7 Å². The van der Waals surface area contributed by atoms with Gasteiger partial charge in [0.1, 0.15) is 11.6 Å². The summed E-state index contributed by atoms with van der Waals surface area (Å²) in [5, 5.41) is 3.24. The van der Waals surface area contributed by atoms with Gasteiger partial charge in [-0.25, -0.2) is 8.78 Å². The van der Waals surface area contributed by atoms with E-state index in [1.807, 2.05) is 19.9 Å². The normalized spacial score (nSPS) is 12.4. The molecule has 1 aromatic carbocycles. The van der Waals surface area contributed by atoms with E-state index >= 15 is 0 Å². The molecule has 0 spiro atoms. The molecule has 1 heterocycles. The molecule has 100 valence electrons. The molecule has 1 N–H and O–H groups in total. The van der Waals surface area contributed by atoms with E-state index in [-0.39, 0.29) is 6.04 Å². The summed E-state index contributed by atoms with van der Waals surface area (Å²) in [6, 6.07) is 5.36. The van der Waals surface area contributed by atoms with E-state index in [4.69, 9.17) is 0 Å². The zero-order chi connectivity index (χ0) is 13.8. The lowest BCUT2D eigenvalue weighted by atomic mass is 10.1. The highest BCUT2D eigenvalue weighted by Gasteiger charge is 2.09. The molecule has 0 saturated carbocycles. The van der Waals surface area contributed by atoms with Crippen LogP contribution in [-0.2, 0) is 6.54 Å². The van der Waals surface area contributed by atoms with Gasteiger partial charge in [0, 0.05) is 31.0 Å². The first-order chi connectivity index (χ1) is 9.06. The van der Waals surface area contributed by atoms with E-state index in [0.29, 0.717) is 12.1 Å².